The predicted molar refractivity (Wildman–Crippen MR) is 60.8 cm³/mol. The minimum atomic E-state index is -0.488. The van der Waals surface area contributed by atoms with Crippen molar-refractivity contribution in [3.05, 3.63) is 11.3 Å². The first kappa shape index (κ1) is 13.1. The number of ether oxygens (including phenoxy) is 2. The van der Waals surface area contributed by atoms with Crippen molar-refractivity contribution in [1.29, 1.82) is 0 Å². The molecule has 0 aromatic carbocycles. The van der Waals surface area contributed by atoms with Crippen LogP contribution in [0.25, 0.3) is 0 Å². The normalized spacial score (nSPS) is 9.71. The summed E-state index contributed by atoms with van der Waals surface area (Å²) >= 11 is 0. The molecule has 0 unspecified atom stereocenters. The van der Waals surface area contributed by atoms with Gasteiger partial charge in [0, 0.05) is 6.42 Å². The molecular formula is C12H15NO4. The van der Waals surface area contributed by atoms with Gasteiger partial charge in [-0.1, -0.05) is 5.16 Å². The molecule has 1 rings (SSSR count). The molecule has 0 aliphatic carbocycles. The summed E-state index contributed by atoms with van der Waals surface area (Å²) in [5.74, 6) is 2.11. The maximum absolute atomic E-state index is 11.6. The van der Waals surface area contributed by atoms with Crippen LogP contribution in [0.3, 0.4) is 0 Å². The van der Waals surface area contributed by atoms with E-state index in [9.17, 15) is 4.79 Å². The summed E-state index contributed by atoms with van der Waals surface area (Å²) in [6.45, 7) is 4.06. The topological polar surface area (TPSA) is 61.6 Å². The average molecular weight is 237 g/mol. The van der Waals surface area contributed by atoms with E-state index < -0.39 is 5.97 Å². The third-order valence-electron chi connectivity index (χ3n) is 2.01. The lowest BCUT2D eigenvalue weighted by molar-refractivity contribution is 0.0517. The Morgan fingerprint density at radius 3 is 3.00 bits per heavy atom. The van der Waals surface area contributed by atoms with Gasteiger partial charge in [-0.05, 0) is 20.3 Å². The lowest BCUT2D eigenvalue weighted by Gasteiger charge is -2.03. The number of carbonyl (C=O) groups is 1. The maximum atomic E-state index is 11.6. The van der Waals surface area contributed by atoms with Gasteiger partial charge in [-0.3, -0.25) is 0 Å². The van der Waals surface area contributed by atoms with E-state index in [1.54, 1.807) is 13.8 Å². The second-order valence-corrected chi connectivity index (χ2v) is 3.31. The summed E-state index contributed by atoms with van der Waals surface area (Å²) in [5, 5.41) is 3.68. The van der Waals surface area contributed by atoms with E-state index in [4.69, 9.17) is 20.4 Å². The smallest absolute Gasteiger partial charge is 0.347 e. The van der Waals surface area contributed by atoms with Gasteiger partial charge >= 0.3 is 11.9 Å². The second-order valence-electron chi connectivity index (χ2n) is 3.31. The van der Waals surface area contributed by atoms with Gasteiger partial charge in [0.15, 0.2) is 5.56 Å². The van der Waals surface area contributed by atoms with Crippen LogP contribution in [-0.4, -0.2) is 24.3 Å². The molecule has 0 saturated carbocycles. The van der Waals surface area contributed by atoms with E-state index in [1.165, 1.54) is 0 Å². The van der Waals surface area contributed by atoms with Gasteiger partial charge in [0.2, 0.25) is 0 Å². The van der Waals surface area contributed by atoms with Gasteiger partial charge in [0.05, 0.1) is 18.9 Å². The van der Waals surface area contributed by atoms with Crippen molar-refractivity contribution < 1.29 is 18.8 Å². The lowest BCUT2D eigenvalue weighted by Crippen LogP contribution is -2.08. The van der Waals surface area contributed by atoms with Gasteiger partial charge < -0.3 is 14.0 Å². The van der Waals surface area contributed by atoms with Crippen molar-refractivity contribution >= 4 is 5.97 Å². The zero-order valence-corrected chi connectivity index (χ0v) is 9.99. The molecule has 5 heteroatoms. The molecule has 0 spiro atoms. The molecule has 1 heterocycles. The van der Waals surface area contributed by atoms with Crippen LogP contribution in [0.4, 0.5) is 0 Å². The Morgan fingerprint density at radius 2 is 2.35 bits per heavy atom. The molecule has 0 N–H and O–H groups in total. The van der Waals surface area contributed by atoms with E-state index in [0.717, 1.165) is 0 Å². The highest BCUT2D eigenvalue weighted by atomic mass is 16.6. The molecule has 0 radical (unpaired) electrons. The zero-order valence-electron chi connectivity index (χ0n) is 9.99. The summed E-state index contributed by atoms with van der Waals surface area (Å²) < 4.78 is 15.1. The molecule has 1 aromatic heterocycles. The Labute approximate surface area is 100 Å². The van der Waals surface area contributed by atoms with Crippen LogP contribution >= 0.6 is 0 Å². The highest BCUT2D eigenvalue weighted by Crippen LogP contribution is 2.22. The van der Waals surface area contributed by atoms with Crippen molar-refractivity contribution in [1.82, 2.24) is 5.16 Å². The largest absolute Gasteiger partial charge is 0.463 e. The number of carbonyl (C=O) groups excluding carboxylic acids is 1. The summed E-state index contributed by atoms with van der Waals surface area (Å²) in [7, 11) is 0. The monoisotopic (exact) mass is 237 g/mol. The summed E-state index contributed by atoms with van der Waals surface area (Å²) in [4.78, 5) is 11.6. The lowest BCUT2D eigenvalue weighted by atomic mass is 10.2. The Hall–Kier alpha value is -1.96. The van der Waals surface area contributed by atoms with E-state index >= 15 is 0 Å². The molecule has 0 aliphatic heterocycles. The van der Waals surface area contributed by atoms with E-state index in [-0.39, 0.29) is 11.5 Å². The van der Waals surface area contributed by atoms with E-state index in [1.807, 2.05) is 0 Å². The number of hydrogen-bond acceptors (Lipinski definition) is 5. The second kappa shape index (κ2) is 6.59. The number of nitrogens with zero attached hydrogens (tertiary/aromatic N) is 1. The third-order valence-corrected chi connectivity index (χ3v) is 2.01. The minimum absolute atomic E-state index is 0.0953. The van der Waals surface area contributed by atoms with Gasteiger partial charge in [-0.2, -0.15) is 0 Å². The third kappa shape index (κ3) is 3.52. The van der Waals surface area contributed by atoms with Crippen LogP contribution in [0, 0.1) is 19.3 Å². The van der Waals surface area contributed by atoms with Gasteiger partial charge in [0.25, 0.3) is 0 Å². The highest BCUT2D eigenvalue weighted by molar-refractivity contribution is 5.92. The van der Waals surface area contributed by atoms with Crippen LogP contribution in [-0.2, 0) is 4.74 Å². The first-order chi connectivity index (χ1) is 8.20. The molecule has 0 saturated heterocycles. The Bertz CT molecular complexity index is 417. The number of aryl methyl sites for hydroxylation is 1. The molecule has 0 aliphatic rings. The number of esters is 1. The molecule has 5 nitrogen and oxygen atoms in total. The first-order valence-electron chi connectivity index (χ1n) is 5.40. The van der Waals surface area contributed by atoms with E-state index in [2.05, 4.69) is 11.1 Å². The molecule has 0 amide bonds. The minimum Gasteiger partial charge on any atom is -0.463 e. The van der Waals surface area contributed by atoms with Crippen molar-refractivity contribution in [2.75, 3.05) is 13.2 Å². The van der Waals surface area contributed by atoms with E-state index in [0.29, 0.717) is 31.7 Å². The van der Waals surface area contributed by atoms with Gasteiger partial charge in [0.1, 0.15) is 0 Å². The van der Waals surface area contributed by atoms with Gasteiger partial charge in [-0.15, -0.1) is 12.3 Å². The summed E-state index contributed by atoms with van der Waals surface area (Å²) in [6, 6.07) is 0. The van der Waals surface area contributed by atoms with Crippen molar-refractivity contribution in [3.8, 4) is 18.3 Å². The summed E-state index contributed by atoms with van der Waals surface area (Å²) in [6.07, 6.45) is 6.42. The quantitative estimate of drug-likeness (QED) is 0.430. The van der Waals surface area contributed by atoms with Crippen molar-refractivity contribution in [3.63, 3.8) is 0 Å². The predicted octanol–water partition coefficient (Wildman–Crippen LogP) is 1.95. The SMILES string of the molecule is C#CCCCOc1onc(C)c1C(=O)OCC. The highest BCUT2D eigenvalue weighted by Gasteiger charge is 2.22. The fourth-order valence-corrected chi connectivity index (χ4v) is 1.22. The Morgan fingerprint density at radius 1 is 1.59 bits per heavy atom. The van der Waals surface area contributed by atoms with Gasteiger partial charge in [-0.25, -0.2) is 4.79 Å². The number of aromatic nitrogens is 1. The average Bonchev–Trinajstić information content (AvgIpc) is 2.66. The Kier molecular flexibility index (Phi) is 5.08. The van der Waals surface area contributed by atoms with Crippen LogP contribution < -0.4 is 4.74 Å². The molecular weight excluding hydrogens is 222 g/mol. The number of unbranched alkanes of at least 4 members (excludes halogenated alkanes) is 1. The standard InChI is InChI=1S/C12H15NO4/c1-4-6-7-8-16-12-10(9(3)13-17-12)11(14)15-5-2/h1H,5-8H2,2-3H3. The Balaban J connectivity index is 2.66. The fourth-order valence-electron chi connectivity index (χ4n) is 1.22. The number of terminal acetylenes is 1. The van der Waals surface area contributed by atoms with Crippen molar-refractivity contribution in [2.45, 2.75) is 26.7 Å². The fraction of sp³-hybridized carbons (Fsp3) is 0.500. The molecule has 0 fully saturated rings. The maximum Gasteiger partial charge on any atom is 0.347 e. The molecule has 0 bridgehead atoms. The van der Waals surface area contributed by atoms with Crippen molar-refractivity contribution in [2.24, 2.45) is 0 Å². The first-order valence-corrected chi connectivity index (χ1v) is 5.40. The zero-order chi connectivity index (χ0) is 12.7. The number of hydrogen-bond donors (Lipinski definition) is 0. The molecule has 17 heavy (non-hydrogen) atoms. The van der Waals surface area contributed by atoms with Crippen LogP contribution in [0.5, 0.6) is 5.95 Å². The van der Waals surface area contributed by atoms with Crippen LogP contribution in [0.2, 0.25) is 0 Å². The summed E-state index contributed by atoms with van der Waals surface area (Å²) in [5.41, 5.74) is 0.697. The van der Waals surface area contributed by atoms with Crippen LogP contribution in [0.1, 0.15) is 35.8 Å². The number of rotatable bonds is 6. The molecule has 92 valence electrons. The molecule has 1 aromatic rings. The molecule has 0 atom stereocenters. The van der Waals surface area contributed by atoms with Crippen LogP contribution in [0.15, 0.2) is 4.52 Å².